The summed E-state index contributed by atoms with van der Waals surface area (Å²) < 4.78 is 0. The maximum atomic E-state index is 12.5. The third kappa shape index (κ3) is 1.61. The van der Waals surface area contributed by atoms with E-state index in [2.05, 4.69) is 11.4 Å². The zero-order chi connectivity index (χ0) is 19.2. The molecule has 0 atom stereocenters. The predicted octanol–water partition coefficient (Wildman–Crippen LogP) is 3.29. The van der Waals surface area contributed by atoms with Crippen LogP contribution in [0.1, 0.15) is 26.3 Å². The molecule has 1 N–H and O–H groups in total. The Morgan fingerprint density at radius 1 is 0.786 bits per heavy atom. The van der Waals surface area contributed by atoms with Crippen LogP contribution in [0.3, 0.4) is 0 Å². The molecule has 28 heavy (non-hydrogen) atoms. The third-order valence-corrected chi connectivity index (χ3v) is 5.73. The van der Waals surface area contributed by atoms with Crippen LogP contribution in [0.2, 0.25) is 0 Å². The molecule has 4 nitrogen and oxygen atoms in total. The molecule has 6 rings (SSSR count). The van der Waals surface area contributed by atoms with Crippen LogP contribution in [0.25, 0.3) is 43.1 Å². The van der Waals surface area contributed by atoms with Crippen molar-refractivity contribution in [2.75, 3.05) is 0 Å². The summed E-state index contributed by atoms with van der Waals surface area (Å²) in [7, 11) is 6.42. The van der Waals surface area contributed by atoms with Crippen molar-refractivity contribution < 1.29 is 9.59 Å². The number of imide groups is 1. The lowest BCUT2D eigenvalue weighted by Gasteiger charge is -2.23. The van der Waals surface area contributed by atoms with Gasteiger partial charge in [0.15, 0.2) is 0 Å². The van der Waals surface area contributed by atoms with Crippen LogP contribution in [-0.4, -0.2) is 19.7 Å². The lowest BCUT2D eigenvalue weighted by atomic mass is 9.78. The molecule has 0 unspecified atom stereocenters. The standard InChI is InChI=1S/C23H9BN2O2/c24-16-8-15-19-14(22(27)26-23(15)28)7-6-13-18-11(9-25)5-4-10-2-1-3-12(17(10)18)20(16)21(13)19/h1-8H,(H,26,27,28). The Bertz CT molecular complexity index is 1590. The van der Waals surface area contributed by atoms with Crippen LogP contribution in [0.15, 0.2) is 48.5 Å². The fraction of sp³-hybridized carbons (Fsp3) is 0. The van der Waals surface area contributed by atoms with Gasteiger partial charge in [-0.05, 0) is 44.5 Å². The summed E-state index contributed by atoms with van der Waals surface area (Å²) in [5.74, 6) is -0.872. The van der Waals surface area contributed by atoms with E-state index in [1.807, 2.05) is 36.4 Å². The van der Waals surface area contributed by atoms with E-state index in [0.717, 1.165) is 37.7 Å². The molecule has 126 valence electrons. The molecule has 2 radical (unpaired) electrons. The first kappa shape index (κ1) is 15.2. The molecule has 0 aliphatic carbocycles. The molecule has 5 aromatic rings. The van der Waals surface area contributed by atoms with Gasteiger partial charge in [-0.1, -0.05) is 41.9 Å². The number of fused-ring (bicyclic) bond motifs is 2. The number of amides is 2. The van der Waals surface area contributed by atoms with Gasteiger partial charge in [0.05, 0.1) is 11.6 Å². The monoisotopic (exact) mass is 356 g/mol. The first-order chi connectivity index (χ1) is 13.6. The number of nitrogens with one attached hydrogen (secondary N) is 1. The Kier molecular flexibility index (Phi) is 2.64. The minimum atomic E-state index is -0.453. The minimum Gasteiger partial charge on any atom is -0.288 e. The topological polar surface area (TPSA) is 70.0 Å². The maximum Gasteiger partial charge on any atom is 0.258 e. The molecule has 1 aliphatic rings. The zero-order valence-corrected chi connectivity index (χ0v) is 14.5. The second-order valence-corrected chi connectivity index (χ2v) is 7.09. The van der Waals surface area contributed by atoms with Crippen molar-refractivity contribution in [2.45, 2.75) is 0 Å². The molecule has 0 aromatic heterocycles. The molecule has 2 amide bonds. The Morgan fingerprint density at radius 3 is 2.39 bits per heavy atom. The zero-order valence-electron chi connectivity index (χ0n) is 14.5. The third-order valence-electron chi connectivity index (χ3n) is 5.73. The maximum absolute atomic E-state index is 12.5. The molecule has 5 heteroatoms. The van der Waals surface area contributed by atoms with E-state index in [-0.39, 0.29) is 0 Å². The molecule has 0 saturated carbocycles. The lowest BCUT2D eigenvalue weighted by Crippen LogP contribution is -2.35. The number of nitrogens with zero attached hydrogens (tertiary/aromatic N) is 1. The highest BCUT2D eigenvalue weighted by Crippen LogP contribution is 2.43. The average Bonchev–Trinajstić information content (AvgIpc) is 2.70. The van der Waals surface area contributed by atoms with E-state index < -0.39 is 11.8 Å². The molecule has 0 spiro atoms. The number of nitriles is 1. The van der Waals surface area contributed by atoms with E-state index in [1.54, 1.807) is 12.1 Å². The summed E-state index contributed by atoms with van der Waals surface area (Å²) >= 11 is 0. The second-order valence-electron chi connectivity index (χ2n) is 7.09. The van der Waals surface area contributed by atoms with E-state index in [0.29, 0.717) is 27.5 Å². The molecule has 1 aliphatic heterocycles. The second kappa shape index (κ2) is 4.87. The smallest absolute Gasteiger partial charge is 0.258 e. The van der Waals surface area contributed by atoms with E-state index in [9.17, 15) is 14.9 Å². The molecular formula is C23H9BN2O2. The fourth-order valence-corrected chi connectivity index (χ4v) is 4.65. The number of rotatable bonds is 0. The van der Waals surface area contributed by atoms with E-state index >= 15 is 0 Å². The summed E-state index contributed by atoms with van der Waals surface area (Å²) in [6.45, 7) is 0. The van der Waals surface area contributed by atoms with Crippen LogP contribution < -0.4 is 10.8 Å². The van der Waals surface area contributed by atoms with Crippen molar-refractivity contribution in [2.24, 2.45) is 0 Å². The molecule has 1 heterocycles. The van der Waals surface area contributed by atoms with Gasteiger partial charge in [-0.3, -0.25) is 14.9 Å². The van der Waals surface area contributed by atoms with Crippen LogP contribution in [0, 0.1) is 11.3 Å². The Labute approximate surface area is 160 Å². The Hall–Kier alpha value is -3.91. The molecule has 0 saturated heterocycles. The van der Waals surface area contributed by atoms with Crippen molar-refractivity contribution in [3.05, 3.63) is 65.2 Å². The van der Waals surface area contributed by atoms with Crippen molar-refractivity contribution in [3.8, 4) is 6.07 Å². The molecule has 5 aromatic carbocycles. The number of carbonyl (C=O) groups is 2. The highest BCUT2D eigenvalue weighted by atomic mass is 16.2. The summed E-state index contributed by atoms with van der Waals surface area (Å²) in [5.41, 5.74) is 1.86. The fourth-order valence-electron chi connectivity index (χ4n) is 4.65. The van der Waals surface area contributed by atoms with Gasteiger partial charge in [-0.25, -0.2) is 0 Å². The summed E-state index contributed by atoms with van der Waals surface area (Å²) in [6, 6.07) is 17.2. The van der Waals surface area contributed by atoms with E-state index in [1.165, 1.54) is 0 Å². The first-order valence-corrected chi connectivity index (χ1v) is 8.81. The quantitative estimate of drug-likeness (QED) is 0.200. The van der Waals surface area contributed by atoms with Gasteiger partial charge in [0, 0.05) is 21.9 Å². The number of benzene rings is 5. The van der Waals surface area contributed by atoms with Crippen LogP contribution in [0.5, 0.6) is 0 Å². The number of carbonyl (C=O) groups excluding carboxylic acids is 2. The first-order valence-electron chi connectivity index (χ1n) is 8.81. The van der Waals surface area contributed by atoms with Crippen molar-refractivity contribution >= 4 is 68.2 Å². The number of hydrogen-bond acceptors (Lipinski definition) is 3. The van der Waals surface area contributed by atoms with Gasteiger partial charge in [-0.15, -0.1) is 0 Å². The molecule has 0 fully saturated rings. The van der Waals surface area contributed by atoms with Gasteiger partial charge in [-0.2, -0.15) is 5.26 Å². The molecule has 0 bridgehead atoms. The Balaban J connectivity index is 2.08. The van der Waals surface area contributed by atoms with Crippen molar-refractivity contribution in [1.29, 1.82) is 5.26 Å². The van der Waals surface area contributed by atoms with Crippen LogP contribution in [0.4, 0.5) is 0 Å². The van der Waals surface area contributed by atoms with Crippen molar-refractivity contribution in [1.82, 2.24) is 5.32 Å². The normalized spacial score (nSPS) is 13.5. The van der Waals surface area contributed by atoms with Gasteiger partial charge in [0.25, 0.3) is 11.8 Å². The lowest BCUT2D eigenvalue weighted by molar-refractivity contribution is 0.0845. The van der Waals surface area contributed by atoms with Gasteiger partial charge >= 0.3 is 0 Å². The van der Waals surface area contributed by atoms with Crippen molar-refractivity contribution in [3.63, 3.8) is 0 Å². The van der Waals surface area contributed by atoms with Gasteiger partial charge in [0.1, 0.15) is 7.85 Å². The van der Waals surface area contributed by atoms with Crippen LogP contribution >= 0.6 is 0 Å². The summed E-state index contributed by atoms with van der Waals surface area (Å²) in [5, 5.41) is 18.8. The highest BCUT2D eigenvalue weighted by Gasteiger charge is 2.28. The number of hydrogen-bond donors (Lipinski definition) is 1. The minimum absolute atomic E-state index is 0.387. The Morgan fingerprint density at radius 2 is 1.57 bits per heavy atom. The van der Waals surface area contributed by atoms with Gasteiger partial charge in [0.2, 0.25) is 0 Å². The largest absolute Gasteiger partial charge is 0.288 e. The predicted molar refractivity (Wildman–Crippen MR) is 110 cm³/mol. The summed E-state index contributed by atoms with van der Waals surface area (Å²) in [6.07, 6.45) is 0. The highest BCUT2D eigenvalue weighted by molar-refractivity contribution is 6.49. The summed E-state index contributed by atoms with van der Waals surface area (Å²) in [4.78, 5) is 24.9. The molecular weight excluding hydrogens is 347 g/mol. The van der Waals surface area contributed by atoms with E-state index in [4.69, 9.17) is 7.85 Å². The van der Waals surface area contributed by atoms with Gasteiger partial charge < -0.3 is 0 Å². The van der Waals surface area contributed by atoms with Crippen LogP contribution in [-0.2, 0) is 0 Å². The SMILES string of the molecule is [B]c1cc2c3c(ccc4c5c(C#N)ccc6cccc(c1c34)c65)C(=O)NC2=O. The average molecular weight is 356 g/mol.